The summed E-state index contributed by atoms with van der Waals surface area (Å²) in [5.41, 5.74) is 1.15. The lowest BCUT2D eigenvalue weighted by molar-refractivity contribution is 0.156. The molecule has 72 valence electrons. The number of hydrogen-bond acceptors (Lipinski definition) is 2. The van der Waals surface area contributed by atoms with E-state index in [0.717, 1.165) is 25.3 Å². The first-order chi connectivity index (χ1) is 6.15. The van der Waals surface area contributed by atoms with Crippen LogP contribution in [0.4, 0.5) is 0 Å². The van der Waals surface area contributed by atoms with Gasteiger partial charge in [0, 0.05) is 31.4 Å². The van der Waals surface area contributed by atoms with Crippen LogP contribution in [0.5, 0.6) is 0 Å². The summed E-state index contributed by atoms with van der Waals surface area (Å²) in [6.07, 6.45) is 5.27. The summed E-state index contributed by atoms with van der Waals surface area (Å²) in [7, 11) is 0. The van der Waals surface area contributed by atoms with E-state index in [9.17, 15) is 0 Å². The lowest BCUT2D eigenvalue weighted by atomic mass is 10.2. The Kier molecular flexibility index (Phi) is 3.39. The van der Waals surface area contributed by atoms with E-state index in [1.54, 1.807) is 0 Å². The maximum atomic E-state index is 5.27. The number of piperazine rings is 1. The lowest BCUT2D eigenvalue weighted by Crippen LogP contribution is -2.47. The van der Waals surface area contributed by atoms with Crippen LogP contribution in [0.25, 0.3) is 0 Å². The zero-order valence-corrected chi connectivity index (χ0v) is 8.58. The van der Waals surface area contributed by atoms with Crippen LogP contribution in [-0.4, -0.2) is 42.0 Å². The van der Waals surface area contributed by atoms with Crippen molar-refractivity contribution in [3.8, 4) is 12.3 Å². The molecule has 2 nitrogen and oxygen atoms in total. The molecule has 1 aliphatic heterocycles. The molecule has 2 heteroatoms. The van der Waals surface area contributed by atoms with Gasteiger partial charge in [-0.2, -0.15) is 0 Å². The Labute approximate surface area is 81.2 Å². The van der Waals surface area contributed by atoms with E-state index in [4.69, 9.17) is 6.42 Å². The molecule has 1 fully saturated rings. The summed E-state index contributed by atoms with van der Waals surface area (Å²) in [4.78, 5) is 4.59. The predicted molar refractivity (Wildman–Crippen MR) is 56.3 cm³/mol. The molecule has 0 N–H and O–H groups in total. The van der Waals surface area contributed by atoms with Gasteiger partial charge >= 0.3 is 0 Å². The normalized spacial score (nSPS) is 19.2. The summed E-state index contributed by atoms with van der Waals surface area (Å²) < 4.78 is 0. The molecule has 1 heterocycles. The van der Waals surface area contributed by atoms with Crippen LogP contribution < -0.4 is 0 Å². The molecule has 0 bridgehead atoms. The van der Waals surface area contributed by atoms with Crippen molar-refractivity contribution in [2.45, 2.75) is 19.9 Å². The van der Waals surface area contributed by atoms with Crippen molar-refractivity contribution >= 4 is 0 Å². The fourth-order valence-electron chi connectivity index (χ4n) is 1.56. The molecule has 13 heavy (non-hydrogen) atoms. The molecule has 1 saturated heterocycles. The monoisotopic (exact) mass is 178 g/mol. The third-order valence-electron chi connectivity index (χ3n) is 2.50. The molecule has 0 aromatic rings. The van der Waals surface area contributed by atoms with Crippen LogP contribution >= 0.6 is 0 Å². The van der Waals surface area contributed by atoms with Gasteiger partial charge in [-0.15, -0.1) is 6.42 Å². The minimum absolute atomic E-state index is 0.602. The van der Waals surface area contributed by atoms with Crippen LogP contribution in [0.15, 0.2) is 12.3 Å². The highest BCUT2D eigenvalue weighted by atomic mass is 15.3. The predicted octanol–water partition coefficient (Wildman–Crippen LogP) is 1.16. The fraction of sp³-hybridized carbons (Fsp3) is 0.636. The summed E-state index contributed by atoms with van der Waals surface area (Å²) in [6.45, 7) is 12.2. The molecule has 0 aromatic heterocycles. The van der Waals surface area contributed by atoms with Crippen molar-refractivity contribution in [2.24, 2.45) is 0 Å². The van der Waals surface area contributed by atoms with Gasteiger partial charge in [-0.1, -0.05) is 12.5 Å². The van der Waals surface area contributed by atoms with E-state index in [1.807, 2.05) is 0 Å². The maximum Gasteiger partial charge on any atom is 0.0789 e. The average Bonchev–Trinajstić information content (AvgIpc) is 2.08. The van der Waals surface area contributed by atoms with E-state index >= 15 is 0 Å². The topological polar surface area (TPSA) is 6.48 Å². The van der Waals surface area contributed by atoms with Crippen LogP contribution in [-0.2, 0) is 0 Å². The quantitative estimate of drug-likeness (QED) is 0.585. The second-order valence-corrected chi connectivity index (χ2v) is 3.76. The zero-order valence-electron chi connectivity index (χ0n) is 8.58. The van der Waals surface area contributed by atoms with Crippen molar-refractivity contribution in [3.05, 3.63) is 12.3 Å². The zero-order chi connectivity index (χ0) is 9.84. The average molecular weight is 178 g/mol. The molecule has 0 atom stereocenters. The first-order valence-corrected chi connectivity index (χ1v) is 4.75. The molecule has 0 amide bonds. The summed E-state index contributed by atoms with van der Waals surface area (Å²) in [5, 5.41) is 0. The van der Waals surface area contributed by atoms with Gasteiger partial charge < -0.3 is 4.90 Å². The number of rotatable bonds is 2. The fourth-order valence-corrected chi connectivity index (χ4v) is 1.56. The van der Waals surface area contributed by atoms with Crippen molar-refractivity contribution in [2.75, 3.05) is 26.2 Å². The third-order valence-corrected chi connectivity index (χ3v) is 2.50. The van der Waals surface area contributed by atoms with Gasteiger partial charge in [-0.25, -0.2) is 0 Å². The van der Waals surface area contributed by atoms with Crippen LogP contribution in [0.3, 0.4) is 0 Å². The molecule has 0 aromatic carbocycles. The Hall–Kier alpha value is -0.940. The molecule has 0 radical (unpaired) electrons. The Morgan fingerprint density at radius 3 is 2.69 bits per heavy atom. The minimum atomic E-state index is 0.602. The highest BCUT2D eigenvalue weighted by molar-refractivity contribution is 5.05. The molecule has 0 spiro atoms. The van der Waals surface area contributed by atoms with Gasteiger partial charge in [0.2, 0.25) is 0 Å². The first-order valence-electron chi connectivity index (χ1n) is 4.75. The first kappa shape index (κ1) is 10.1. The number of nitrogens with zero attached hydrogens (tertiary/aromatic N) is 2. The van der Waals surface area contributed by atoms with Gasteiger partial charge in [-0.3, -0.25) is 4.90 Å². The number of hydrogen-bond donors (Lipinski definition) is 0. The van der Waals surface area contributed by atoms with Gasteiger partial charge in [0.15, 0.2) is 0 Å². The van der Waals surface area contributed by atoms with Gasteiger partial charge in [-0.05, 0) is 13.8 Å². The summed E-state index contributed by atoms with van der Waals surface area (Å²) >= 11 is 0. The van der Waals surface area contributed by atoms with E-state index in [-0.39, 0.29) is 0 Å². The SMILES string of the molecule is C#CCN1CCN(C(C)C)CC1=C. The minimum Gasteiger partial charge on any atom is -0.362 e. The highest BCUT2D eigenvalue weighted by Gasteiger charge is 2.19. The molecular weight excluding hydrogens is 160 g/mol. The van der Waals surface area contributed by atoms with Crippen LogP contribution in [0, 0.1) is 12.3 Å². The summed E-state index contributed by atoms with van der Waals surface area (Å²) in [6, 6.07) is 0.602. The van der Waals surface area contributed by atoms with Crippen molar-refractivity contribution < 1.29 is 0 Å². The third kappa shape index (κ3) is 2.50. The Balaban J connectivity index is 2.48. The largest absolute Gasteiger partial charge is 0.362 e. The second-order valence-electron chi connectivity index (χ2n) is 3.76. The molecule has 1 rings (SSSR count). The van der Waals surface area contributed by atoms with Crippen molar-refractivity contribution in [1.82, 2.24) is 9.80 Å². The Morgan fingerprint density at radius 1 is 1.54 bits per heavy atom. The standard InChI is InChI=1S/C11H18N2/c1-5-6-12-7-8-13(10(2)3)9-11(12)4/h1,10H,4,6-9H2,2-3H3. The molecule has 0 saturated carbocycles. The van der Waals surface area contributed by atoms with Crippen LogP contribution in [0.2, 0.25) is 0 Å². The van der Waals surface area contributed by atoms with Gasteiger partial charge in [0.1, 0.15) is 0 Å². The second kappa shape index (κ2) is 4.34. The smallest absolute Gasteiger partial charge is 0.0789 e. The lowest BCUT2D eigenvalue weighted by Gasteiger charge is -2.38. The molecule has 1 aliphatic rings. The highest BCUT2D eigenvalue weighted by Crippen LogP contribution is 2.12. The maximum absolute atomic E-state index is 5.27. The van der Waals surface area contributed by atoms with E-state index < -0.39 is 0 Å². The van der Waals surface area contributed by atoms with Crippen molar-refractivity contribution in [3.63, 3.8) is 0 Å². The Bertz CT molecular complexity index is 225. The summed E-state index contributed by atoms with van der Waals surface area (Å²) in [5.74, 6) is 2.66. The molecular formula is C11H18N2. The van der Waals surface area contributed by atoms with E-state index in [2.05, 4.69) is 36.1 Å². The van der Waals surface area contributed by atoms with E-state index in [0.29, 0.717) is 12.6 Å². The van der Waals surface area contributed by atoms with E-state index in [1.165, 1.54) is 0 Å². The van der Waals surface area contributed by atoms with Crippen LogP contribution in [0.1, 0.15) is 13.8 Å². The number of terminal acetylenes is 1. The molecule has 0 aliphatic carbocycles. The molecule has 0 unspecified atom stereocenters. The Morgan fingerprint density at radius 2 is 2.23 bits per heavy atom. The van der Waals surface area contributed by atoms with Gasteiger partial charge in [0.25, 0.3) is 0 Å². The van der Waals surface area contributed by atoms with Crippen molar-refractivity contribution in [1.29, 1.82) is 0 Å². The van der Waals surface area contributed by atoms with Gasteiger partial charge in [0.05, 0.1) is 6.54 Å².